The van der Waals surface area contributed by atoms with E-state index >= 15 is 0 Å². The van der Waals surface area contributed by atoms with Gasteiger partial charge in [-0.2, -0.15) is 4.37 Å². The van der Waals surface area contributed by atoms with E-state index < -0.39 is 0 Å². The van der Waals surface area contributed by atoms with Crippen molar-refractivity contribution in [2.45, 2.75) is 10.1 Å². The van der Waals surface area contributed by atoms with Crippen LogP contribution in [0.2, 0.25) is 0 Å². The Kier molecular flexibility index (Phi) is 3.71. The largest absolute Gasteiger partial charge is 0.216 e. The Balaban J connectivity index is 2.05. The van der Waals surface area contributed by atoms with E-state index in [1.165, 1.54) is 30.0 Å². The predicted molar refractivity (Wildman–Crippen MR) is 63.6 cm³/mol. The zero-order chi connectivity index (χ0) is 10.7. The minimum absolute atomic E-state index is 0.225. The van der Waals surface area contributed by atoms with Crippen molar-refractivity contribution < 1.29 is 4.39 Å². The van der Waals surface area contributed by atoms with Gasteiger partial charge < -0.3 is 0 Å². The lowest BCUT2D eigenvalue weighted by molar-refractivity contribution is 0.625. The highest BCUT2D eigenvalue weighted by Gasteiger charge is 2.02. The SMILES string of the molecule is Fc1cc(Br)cc(CSc2ncns2)c1. The summed E-state index contributed by atoms with van der Waals surface area (Å²) in [5.41, 5.74) is 0.932. The van der Waals surface area contributed by atoms with Crippen molar-refractivity contribution >= 4 is 39.2 Å². The van der Waals surface area contributed by atoms with E-state index in [4.69, 9.17) is 0 Å². The lowest BCUT2D eigenvalue weighted by Crippen LogP contribution is -1.83. The van der Waals surface area contributed by atoms with E-state index in [0.717, 1.165) is 14.4 Å². The highest BCUT2D eigenvalue weighted by molar-refractivity contribution is 9.10. The number of thioether (sulfide) groups is 1. The molecule has 0 amide bonds. The van der Waals surface area contributed by atoms with Gasteiger partial charge in [0.25, 0.3) is 0 Å². The number of benzene rings is 1. The molecule has 0 saturated heterocycles. The average Bonchev–Trinajstić information content (AvgIpc) is 2.65. The molecule has 0 saturated carbocycles. The van der Waals surface area contributed by atoms with E-state index in [9.17, 15) is 4.39 Å². The number of aromatic nitrogens is 2. The highest BCUT2D eigenvalue weighted by atomic mass is 79.9. The Morgan fingerprint density at radius 3 is 2.93 bits per heavy atom. The summed E-state index contributed by atoms with van der Waals surface area (Å²) in [6.45, 7) is 0. The van der Waals surface area contributed by atoms with Crippen LogP contribution in [-0.4, -0.2) is 9.36 Å². The summed E-state index contributed by atoms with van der Waals surface area (Å²) < 4.78 is 18.6. The second-order valence-electron chi connectivity index (χ2n) is 2.77. The van der Waals surface area contributed by atoms with Crippen LogP contribution >= 0.6 is 39.2 Å². The molecule has 0 radical (unpaired) electrons. The molecule has 0 spiro atoms. The zero-order valence-corrected chi connectivity index (χ0v) is 10.7. The van der Waals surface area contributed by atoms with Crippen molar-refractivity contribution in [1.82, 2.24) is 9.36 Å². The predicted octanol–water partition coefficient (Wildman–Crippen LogP) is 3.73. The molecule has 0 N–H and O–H groups in total. The van der Waals surface area contributed by atoms with Crippen molar-refractivity contribution in [2.24, 2.45) is 0 Å². The van der Waals surface area contributed by atoms with Crippen LogP contribution in [0.15, 0.2) is 33.3 Å². The number of nitrogens with zero attached hydrogens (tertiary/aromatic N) is 2. The Labute approximate surface area is 103 Å². The van der Waals surface area contributed by atoms with E-state index in [1.807, 2.05) is 6.07 Å². The van der Waals surface area contributed by atoms with Gasteiger partial charge >= 0.3 is 0 Å². The van der Waals surface area contributed by atoms with Crippen LogP contribution in [0.1, 0.15) is 5.56 Å². The summed E-state index contributed by atoms with van der Waals surface area (Å²) in [6.07, 6.45) is 1.52. The Morgan fingerprint density at radius 2 is 2.27 bits per heavy atom. The van der Waals surface area contributed by atoms with Gasteiger partial charge in [-0.25, -0.2) is 9.37 Å². The molecule has 6 heteroatoms. The van der Waals surface area contributed by atoms with Crippen molar-refractivity contribution in [1.29, 1.82) is 0 Å². The summed E-state index contributed by atoms with van der Waals surface area (Å²) in [5, 5.41) is 0. The van der Waals surface area contributed by atoms with Gasteiger partial charge in [-0.05, 0) is 35.3 Å². The summed E-state index contributed by atoms with van der Waals surface area (Å²) in [5.74, 6) is 0.475. The second-order valence-corrected chi connectivity index (χ2v) is 5.69. The van der Waals surface area contributed by atoms with Crippen LogP contribution in [-0.2, 0) is 5.75 Å². The van der Waals surface area contributed by atoms with Crippen LogP contribution < -0.4 is 0 Å². The molecule has 0 fully saturated rings. The van der Waals surface area contributed by atoms with E-state index in [2.05, 4.69) is 25.3 Å². The van der Waals surface area contributed by atoms with Crippen molar-refractivity contribution in [3.8, 4) is 0 Å². The second kappa shape index (κ2) is 5.05. The molecule has 2 nitrogen and oxygen atoms in total. The molecule has 0 bridgehead atoms. The van der Waals surface area contributed by atoms with Gasteiger partial charge in [-0.15, -0.1) is 0 Å². The lowest BCUT2D eigenvalue weighted by Gasteiger charge is -2.00. The van der Waals surface area contributed by atoms with Gasteiger partial charge in [0.2, 0.25) is 0 Å². The molecular weight excluding hydrogens is 299 g/mol. The molecule has 1 heterocycles. The van der Waals surface area contributed by atoms with Gasteiger partial charge in [0.15, 0.2) is 4.34 Å². The minimum Gasteiger partial charge on any atom is -0.216 e. The van der Waals surface area contributed by atoms with Crippen LogP contribution in [0, 0.1) is 5.82 Å². The van der Waals surface area contributed by atoms with Gasteiger partial charge in [0.1, 0.15) is 12.1 Å². The molecule has 15 heavy (non-hydrogen) atoms. The van der Waals surface area contributed by atoms with Gasteiger partial charge in [-0.3, -0.25) is 0 Å². The highest BCUT2D eigenvalue weighted by Crippen LogP contribution is 2.25. The van der Waals surface area contributed by atoms with Gasteiger partial charge in [0.05, 0.1) is 0 Å². The fraction of sp³-hybridized carbons (Fsp3) is 0.111. The first kappa shape index (κ1) is 11.0. The van der Waals surface area contributed by atoms with Crippen LogP contribution in [0.3, 0.4) is 0 Å². The van der Waals surface area contributed by atoms with Gasteiger partial charge in [0, 0.05) is 10.2 Å². The maximum Gasteiger partial charge on any atom is 0.170 e. The first-order chi connectivity index (χ1) is 7.24. The topological polar surface area (TPSA) is 25.8 Å². The van der Waals surface area contributed by atoms with E-state index in [1.54, 1.807) is 11.8 Å². The molecule has 0 aliphatic carbocycles. The van der Waals surface area contributed by atoms with Crippen molar-refractivity contribution in [2.75, 3.05) is 0 Å². The third-order valence-electron chi connectivity index (χ3n) is 1.63. The molecule has 0 unspecified atom stereocenters. The zero-order valence-electron chi connectivity index (χ0n) is 7.48. The Bertz CT molecular complexity index is 427. The number of rotatable bonds is 3. The Morgan fingerprint density at radius 1 is 1.40 bits per heavy atom. The van der Waals surface area contributed by atoms with Gasteiger partial charge in [-0.1, -0.05) is 27.7 Å². The average molecular weight is 305 g/mol. The standard InChI is InChI=1S/C9H6BrFN2S2/c10-7-1-6(2-8(11)3-7)4-14-9-12-5-13-15-9/h1-3,5H,4H2. The molecule has 1 aromatic carbocycles. The van der Waals surface area contributed by atoms with E-state index in [-0.39, 0.29) is 5.82 Å². The maximum absolute atomic E-state index is 13.0. The van der Waals surface area contributed by atoms with Crippen LogP contribution in [0.25, 0.3) is 0 Å². The van der Waals surface area contributed by atoms with Crippen LogP contribution in [0.5, 0.6) is 0 Å². The monoisotopic (exact) mass is 304 g/mol. The molecule has 2 rings (SSSR count). The Hall–Kier alpha value is -0.460. The smallest absolute Gasteiger partial charge is 0.170 e. The number of halogens is 2. The number of hydrogen-bond donors (Lipinski definition) is 0. The van der Waals surface area contributed by atoms with Crippen LogP contribution in [0.4, 0.5) is 4.39 Å². The maximum atomic E-state index is 13.0. The molecule has 0 atom stereocenters. The normalized spacial score (nSPS) is 10.5. The van der Waals surface area contributed by atoms with Crippen molar-refractivity contribution in [3.05, 3.63) is 40.4 Å². The fourth-order valence-electron chi connectivity index (χ4n) is 1.07. The molecule has 1 aromatic heterocycles. The molecule has 0 aliphatic rings. The first-order valence-corrected chi connectivity index (χ1v) is 6.64. The summed E-state index contributed by atoms with van der Waals surface area (Å²) in [7, 11) is 0. The summed E-state index contributed by atoms with van der Waals surface area (Å²) in [4.78, 5) is 4.04. The molecule has 78 valence electrons. The van der Waals surface area contributed by atoms with Crippen molar-refractivity contribution in [3.63, 3.8) is 0 Å². The fourth-order valence-corrected chi connectivity index (χ4v) is 2.95. The lowest BCUT2D eigenvalue weighted by atomic mass is 10.2. The molecule has 0 aliphatic heterocycles. The molecular formula is C9H6BrFN2S2. The third-order valence-corrected chi connectivity index (χ3v) is 3.95. The molecule has 2 aromatic rings. The summed E-state index contributed by atoms with van der Waals surface area (Å²) in [6, 6.07) is 4.87. The minimum atomic E-state index is -0.225. The summed E-state index contributed by atoms with van der Waals surface area (Å²) >= 11 is 6.16. The first-order valence-electron chi connectivity index (χ1n) is 4.08. The number of hydrogen-bond acceptors (Lipinski definition) is 4. The van der Waals surface area contributed by atoms with E-state index in [0.29, 0.717) is 5.75 Å². The quantitative estimate of drug-likeness (QED) is 0.808. The third kappa shape index (κ3) is 3.25.